The largest absolute Gasteiger partial charge is 0.329 e. The number of fused-ring (bicyclic) bond motifs is 1. The molecule has 2 aromatic rings. The Bertz CT molecular complexity index is 759. The molecule has 0 saturated carbocycles. The Balaban J connectivity index is 1.89. The molecule has 1 aromatic carbocycles. The summed E-state index contributed by atoms with van der Waals surface area (Å²) in [7, 11) is 0. The Morgan fingerprint density at radius 3 is 2.78 bits per heavy atom. The van der Waals surface area contributed by atoms with Crippen LogP contribution < -0.4 is 0 Å². The molecule has 7 heteroatoms. The second-order valence-corrected chi connectivity index (χ2v) is 6.59. The highest BCUT2D eigenvalue weighted by Crippen LogP contribution is 2.26. The predicted molar refractivity (Wildman–Crippen MR) is 85.0 cm³/mol. The third-order valence-corrected chi connectivity index (χ3v) is 4.25. The Kier molecular flexibility index (Phi) is 4.10. The Morgan fingerprint density at radius 1 is 1.39 bits per heavy atom. The molecule has 1 aromatic heterocycles. The van der Waals surface area contributed by atoms with Gasteiger partial charge in [-0.25, -0.2) is 4.39 Å². The van der Waals surface area contributed by atoms with Crippen LogP contribution in [-0.4, -0.2) is 32.1 Å². The Morgan fingerprint density at radius 2 is 2.13 bits per heavy atom. The summed E-state index contributed by atoms with van der Waals surface area (Å²) >= 11 is 5.74. The van der Waals surface area contributed by atoms with E-state index in [2.05, 4.69) is 28.6 Å². The molecule has 5 nitrogen and oxygen atoms in total. The normalized spacial score (nSPS) is 17.5. The van der Waals surface area contributed by atoms with Crippen LogP contribution in [0.3, 0.4) is 0 Å². The SMILES string of the molecule is CC(C)c1nnc2n1[C@@H](C)CN(C(=O)c1ccc(Cl)cc1F)C2. The fraction of sp³-hybridized carbons (Fsp3) is 0.438. The molecular weight excluding hydrogens is 319 g/mol. The average Bonchev–Trinajstić information content (AvgIpc) is 2.91. The van der Waals surface area contributed by atoms with Crippen molar-refractivity contribution >= 4 is 17.5 Å². The van der Waals surface area contributed by atoms with Gasteiger partial charge in [0, 0.05) is 17.5 Å². The van der Waals surface area contributed by atoms with Crippen LogP contribution in [-0.2, 0) is 6.54 Å². The summed E-state index contributed by atoms with van der Waals surface area (Å²) in [6, 6.07) is 4.14. The molecule has 3 rings (SSSR count). The van der Waals surface area contributed by atoms with Crippen LogP contribution in [0, 0.1) is 5.82 Å². The molecule has 1 aliphatic rings. The minimum Gasteiger partial charge on any atom is -0.329 e. The maximum absolute atomic E-state index is 14.0. The number of carbonyl (C=O) groups excluding carboxylic acids is 1. The van der Waals surface area contributed by atoms with E-state index in [0.717, 1.165) is 17.7 Å². The van der Waals surface area contributed by atoms with Crippen LogP contribution in [0.5, 0.6) is 0 Å². The fourth-order valence-electron chi connectivity index (χ4n) is 2.94. The molecule has 122 valence electrons. The zero-order valence-electron chi connectivity index (χ0n) is 13.3. The van der Waals surface area contributed by atoms with Gasteiger partial charge in [-0.15, -0.1) is 10.2 Å². The molecule has 23 heavy (non-hydrogen) atoms. The van der Waals surface area contributed by atoms with Crippen LogP contribution in [0.25, 0.3) is 0 Å². The van der Waals surface area contributed by atoms with Crippen LogP contribution in [0.4, 0.5) is 4.39 Å². The molecular formula is C16H18ClFN4O. The molecule has 0 bridgehead atoms. The first-order chi connectivity index (χ1) is 10.9. The summed E-state index contributed by atoms with van der Waals surface area (Å²) in [6.07, 6.45) is 0. The van der Waals surface area contributed by atoms with Crippen LogP contribution in [0.15, 0.2) is 18.2 Å². The van der Waals surface area contributed by atoms with Gasteiger partial charge in [-0.1, -0.05) is 25.4 Å². The first kappa shape index (κ1) is 15.9. The lowest BCUT2D eigenvalue weighted by molar-refractivity contribution is 0.0674. The molecule has 0 saturated heterocycles. The monoisotopic (exact) mass is 336 g/mol. The number of aromatic nitrogens is 3. The van der Waals surface area contributed by atoms with Crippen molar-refractivity contribution in [1.82, 2.24) is 19.7 Å². The van der Waals surface area contributed by atoms with Crippen molar-refractivity contribution in [3.63, 3.8) is 0 Å². The van der Waals surface area contributed by atoms with Gasteiger partial charge >= 0.3 is 0 Å². The van der Waals surface area contributed by atoms with Crippen LogP contribution >= 0.6 is 11.6 Å². The van der Waals surface area contributed by atoms with Crippen molar-refractivity contribution in [2.24, 2.45) is 0 Å². The molecule has 0 N–H and O–H groups in total. The zero-order valence-corrected chi connectivity index (χ0v) is 14.0. The summed E-state index contributed by atoms with van der Waals surface area (Å²) in [4.78, 5) is 14.2. The van der Waals surface area contributed by atoms with E-state index in [1.165, 1.54) is 12.1 Å². The molecule has 0 fully saturated rings. The second kappa shape index (κ2) is 5.92. The number of nitrogens with zero attached hydrogens (tertiary/aromatic N) is 4. The van der Waals surface area contributed by atoms with Gasteiger partial charge in [-0.2, -0.15) is 0 Å². The van der Waals surface area contributed by atoms with E-state index in [0.29, 0.717) is 13.1 Å². The van der Waals surface area contributed by atoms with Gasteiger partial charge < -0.3 is 9.47 Å². The van der Waals surface area contributed by atoms with Gasteiger partial charge in [-0.3, -0.25) is 4.79 Å². The molecule has 2 heterocycles. The lowest BCUT2D eigenvalue weighted by atomic mass is 10.1. The number of hydrogen-bond acceptors (Lipinski definition) is 3. The number of amides is 1. The van der Waals surface area contributed by atoms with Crippen molar-refractivity contribution < 1.29 is 9.18 Å². The molecule has 0 aliphatic carbocycles. The van der Waals surface area contributed by atoms with Gasteiger partial charge in [0.2, 0.25) is 0 Å². The second-order valence-electron chi connectivity index (χ2n) is 6.16. The third kappa shape index (κ3) is 2.83. The van der Waals surface area contributed by atoms with E-state index in [-0.39, 0.29) is 28.5 Å². The molecule has 0 unspecified atom stereocenters. The number of benzene rings is 1. The van der Waals surface area contributed by atoms with Crippen molar-refractivity contribution in [3.8, 4) is 0 Å². The number of carbonyl (C=O) groups is 1. The maximum atomic E-state index is 14.0. The summed E-state index contributed by atoms with van der Waals surface area (Å²) in [5.74, 6) is 0.943. The maximum Gasteiger partial charge on any atom is 0.257 e. The Labute approximate surface area is 139 Å². The first-order valence-corrected chi connectivity index (χ1v) is 7.94. The lowest BCUT2D eigenvalue weighted by Crippen LogP contribution is -2.41. The van der Waals surface area contributed by atoms with Crippen LogP contribution in [0.1, 0.15) is 54.7 Å². The first-order valence-electron chi connectivity index (χ1n) is 7.56. The van der Waals surface area contributed by atoms with E-state index >= 15 is 0 Å². The molecule has 1 amide bonds. The van der Waals surface area contributed by atoms with Crippen molar-refractivity contribution in [2.45, 2.75) is 39.3 Å². The fourth-order valence-corrected chi connectivity index (χ4v) is 3.10. The standard InChI is InChI=1S/C16H18ClFN4O/c1-9(2)15-20-19-14-8-21(7-10(3)22(14)15)16(23)12-5-4-11(17)6-13(12)18/h4-6,9-10H,7-8H2,1-3H3/t10-/m0/s1. The van der Waals surface area contributed by atoms with Gasteiger partial charge in [0.1, 0.15) is 11.6 Å². The van der Waals surface area contributed by atoms with E-state index in [1.807, 2.05) is 6.92 Å². The van der Waals surface area contributed by atoms with Crippen molar-refractivity contribution in [1.29, 1.82) is 0 Å². The quantitative estimate of drug-likeness (QED) is 0.844. The topological polar surface area (TPSA) is 51.0 Å². The molecule has 0 spiro atoms. The van der Waals surface area contributed by atoms with Gasteiger partial charge in [0.05, 0.1) is 18.2 Å². The van der Waals surface area contributed by atoms with E-state index < -0.39 is 5.82 Å². The number of rotatable bonds is 2. The van der Waals surface area contributed by atoms with E-state index in [9.17, 15) is 9.18 Å². The average molecular weight is 337 g/mol. The van der Waals surface area contributed by atoms with Gasteiger partial charge in [-0.05, 0) is 25.1 Å². The number of hydrogen-bond donors (Lipinski definition) is 0. The summed E-state index contributed by atoms with van der Waals surface area (Å²) in [5.41, 5.74) is 0.0265. The summed E-state index contributed by atoms with van der Waals surface area (Å²) in [5, 5.41) is 8.69. The summed E-state index contributed by atoms with van der Waals surface area (Å²) < 4.78 is 16.1. The van der Waals surface area contributed by atoms with Crippen molar-refractivity contribution in [2.75, 3.05) is 6.54 Å². The van der Waals surface area contributed by atoms with Gasteiger partial charge in [0.25, 0.3) is 5.91 Å². The third-order valence-electron chi connectivity index (χ3n) is 4.02. The molecule has 0 radical (unpaired) electrons. The number of halogens is 2. The van der Waals surface area contributed by atoms with Crippen LogP contribution in [0.2, 0.25) is 5.02 Å². The van der Waals surface area contributed by atoms with E-state index in [4.69, 9.17) is 11.6 Å². The Hall–Kier alpha value is -1.95. The zero-order chi connectivity index (χ0) is 16.7. The highest BCUT2D eigenvalue weighted by Gasteiger charge is 2.31. The predicted octanol–water partition coefficient (Wildman–Crippen LogP) is 3.41. The molecule has 1 aliphatic heterocycles. The molecule has 1 atom stereocenters. The van der Waals surface area contributed by atoms with E-state index in [1.54, 1.807) is 4.90 Å². The summed E-state index contributed by atoms with van der Waals surface area (Å²) in [6.45, 7) is 6.95. The smallest absolute Gasteiger partial charge is 0.257 e. The highest BCUT2D eigenvalue weighted by molar-refractivity contribution is 6.30. The lowest BCUT2D eigenvalue weighted by Gasteiger charge is -2.33. The van der Waals surface area contributed by atoms with Gasteiger partial charge in [0.15, 0.2) is 5.82 Å². The highest BCUT2D eigenvalue weighted by atomic mass is 35.5. The van der Waals surface area contributed by atoms with Crippen molar-refractivity contribution in [3.05, 3.63) is 46.3 Å². The minimum atomic E-state index is -0.606. The minimum absolute atomic E-state index is 0.0265.